The van der Waals surface area contributed by atoms with Gasteiger partial charge in [0.1, 0.15) is 17.2 Å². The normalized spacial score (nSPS) is 19.7. The van der Waals surface area contributed by atoms with E-state index in [4.69, 9.17) is 14.7 Å². The summed E-state index contributed by atoms with van der Waals surface area (Å²) in [6, 6.07) is 17.2. The average molecular weight is 538 g/mol. The number of imidazole rings is 2. The number of H-pyrrole nitrogens is 2. The van der Waals surface area contributed by atoms with Crippen LogP contribution >= 0.6 is 0 Å². The summed E-state index contributed by atoms with van der Waals surface area (Å²) in [4.78, 5) is 28.9. The molecule has 2 aliphatic rings. The van der Waals surface area contributed by atoms with E-state index in [2.05, 4.69) is 63.8 Å². The molecule has 3 N–H and O–H groups in total. The van der Waals surface area contributed by atoms with Crippen molar-refractivity contribution < 1.29 is 9.53 Å². The molecule has 0 saturated heterocycles. The van der Waals surface area contributed by atoms with E-state index >= 15 is 0 Å². The number of hydrogen-bond acceptors (Lipinski definition) is 4. The van der Waals surface area contributed by atoms with Gasteiger partial charge in [-0.2, -0.15) is 0 Å². The summed E-state index contributed by atoms with van der Waals surface area (Å²) in [6.07, 6.45) is 11.7. The summed E-state index contributed by atoms with van der Waals surface area (Å²) in [6.45, 7) is 5.64. The van der Waals surface area contributed by atoms with Gasteiger partial charge in [0.2, 0.25) is 0 Å². The van der Waals surface area contributed by atoms with Gasteiger partial charge in [0.05, 0.1) is 11.4 Å². The van der Waals surface area contributed by atoms with E-state index in [1.165, 1.54) is 31.2 Å². The SMILES string of the molecule is CC(C)(C)OC(=O)N[C@H]1CCC[C@H]1c1nc(-c2ccc(-c3ccc(-c4c[nH]c(C5CCCC5)n4)cc3)cc2)c[nH]1. The molecule has 2 aromatic heterocycles. The lowest BCUT2D eigenvalue weighted by Crippen LogP contribution is -2.40. The van der Waals surface area contributed by atoms with Crippen LogP contribution in [0.5, 0.6) is 0 Å². The van der Waals surface area contributed by atoms with Gasteiger partial charge in [-0.1, -0.05) is 67.8 Å². The van der Waals surface area contributed by atoms with Gasteiger partial charge in [-0.3, -0.25) is 0 Å². The Bertz CT molecular complexity index is 1440. The lowest BCUT2D eigenvalue weighted by molar-refractivity contribution is 0.0500. The largest absolute Gasteiger partial charge is 0.444 e. The molecule has 0 bridgehead atoms. The molecule has 0 radical (unpaired) electrons. The highest BCUT2D eigenvalue weighted by atomic mass is 16.6. The van der Waals surface area contributed by atoms with Gasteiger partial charge in [-0.15, -0.1) is 0 Å². The first kappa shape index (κ1) is 26.4. The maximum atomic E-state index is 12.3. The van der Waals surface area contributed by atoms with Crippen molar-refractivity contribution in [1.29, 1.82) is 0 Å². The number of benzene rings is 2. The second kappa shape index (κ2) is 11.0. The number of amides is 1. The highest BCUT2D eigenvalue weighted by Crippen LogP contribution is 2.35. The van der Waals surface area contributed by atoms with Gasteiger partial charge >= 0.3 is 6.09 Å². The van der Waals surface area contributed by atoms with Crippen LogP contribution in [-0.4, -0.2) is 37.7 Å². The number of nitrogens with one attached hydrogen (secondary N) is 3. The number of hydrogen-bond donors (Lipinski definition) is 3. The van der Waals surface area contributed by atoms with Crippen LogP contribution in [0.25, 0.3) is 33.6 Å². The quantitative estimate of drug-likeness (QED) is 0.232. The van der Waals surface area contributed by atoms with Crippen LogP contribution in [0.2, 0.25) is 0 Å². The Balaban J connectivity index is 1.11. The smallest absolute Gasteiger partial charge is 0.407 e. The molecule has 2 aliphatic carbocycles. The summed E-state index contributed by atoms with van der Waals surface area (Å²) in [7, 11) is 0. The summed E-state index contributed by atoms with van der Waals surface area (Å²) in [5, 5.41) is 3.06. The molecule has 1 amide bonds. The van der Waals surface area contributed by atoms with Crippen molar-refractivity contribution in [3.63, 3.8) is 0 Å². The van der Waals surface area contributed by atoms with Gasteiger partial charge in [-0.05, 0) is 57.6 Å². The number of ether oxygens (including phenoxy) is 1. The lowest BCUT2D eigenvalue weighted by atomic mass is 10.0. The molecule has 7 heteroatoms. The van der Waals surface area contributed by atoms with Crippen LogP contribution in [0.4, 0.5) is 4.79 Å². The van der Waals surface area contributed by atoms with Crippen molar-refractivity contribution in [2.24, 2.45) is 0 Å². The number of aromatic amines is 2. The summed E-state index contributed by atoms with van der Waals surface area (Å²) < 4.78 is 5.47. The molecule has 2 saturated carbocycles. The van der Waals surface area contributed by atoms with E-state index in [1.54, 1.807) is 0 Å². The molecule has 2 fully saturated rings. The molecular formula is C33H39N5O2. The molecule has 0 spiro atoms. The Morgan fingerprint density at radius 2 is 1.27 bits per heavy atom. The fourth-order valence-electron chi connectivity index (χ4n) is 6.15. The second-order valence-electron chi connectivity index (χ2n) is 12.3. The molecule has 40 heavy (non-hydrogen) atoms. The minimum atomic E-state index is -0.511. The maximum Gasteiger partial charge on any atom is 0.407 e. The Hall–Kier alpha value is -3.87. The molecule has 0 unspecified atom stereocenters. The van der Waals surface area contributed by atoms with Crippen molar-refractivity contribution in [1.82, 2.24) is 25.3 Å². The monoisotopic (exact) mass is 537 g/mol. The number of aromatic nitrogens is 4. The zero-order valence-electron chi connectivity index (χ0n) is 23.7. The van der Waals surface area contributed by atoms with E-state index in [9.17, 15) is 4.79 Å². The van der Waals surface area contributed by atoms with Crippen LogP contribution in [0.3, 0.4) is 0 Å². The van der Waals surface area contributed by atoms with Crippen molar-refractivity contribution >= 4 is 6.09 Å². The molecule has 208 valence electrons. The van der Waals surface area contributed by atoms with Crippen molar-refractivity contribution in [3.8, 4) is 33.6 Å². The van der Waals surface area contributed by atoms with E-state index < -0.39 is 5.60 Å². The molecule has 6 rings (SSSR count). The molecule has 7 nitrogen and oxygen atoms in total. The second-order valence-corrected chi connectivity index (χ2v) is 12.3. The van der Waals surface area contributed by atoms with Crippen LogP contribution in [0, 0.1) is 0 Å². The number of nitrogens with zero attached hydrogens (tertiary/aromatic N) is 2. The standard InChI is InChI=1S/C33H39N5O2/c1-33(2,3)40-32(39)38-27-10-6-9-26(27)31-35-20-29(37-31)24-17-13-22(14-18-24)21-11-15-23(16-12-21)28-19-34-30(36-28)25-7-4-5-8-25/h11-20,25-27H,4-10H2,1-3H3,(H,34,36)(H,35,37)(H,38,39)/t26-,27+/m1/s1. The molecule has 2 heterocycles. The Kier molecular flexibility index (Phi) is 7.22. The van der Waals surface area contributed by atoms with E-state index in [0.29, 0.717) is 5.92 Å². The highest BCUT2D eigenvalue weighted by molar-refractivity contribution is 5.71. The zero-order valence-corrected chi connectivity index (χ0v) is 23.7. The molecule has 2 atom stereocenters. The van der Waals surface area contributed by atoms with Crippen molar-refractivity contribution in [2.75, 3.05) is 0 Å². The third-order valence-corrected chi connectivity index (χ3v) is 8.20. The number of carbonyl (C=O) groups is 1. The summed E-state index contributed by atoms with van der Waals surface area (Å²) in [5.74, 6) is 2.80. The van der Waals surface area contributed by atoms with Gasteiger partial charge in [0, 0.05) is 41.4 Å². The van der Waals surface area contributed by atoms with Crippen LogP contribution < -0.4 is 5.32 Å². The first-order valence-electron chi connectivity index (χ1n) is 14.6. The fraction of sp³-hybridized carbons (Fsp3) is 0.424. The lowest BCUT2D eigenvalue weighted by Gasteiger charge is -2.24. The minimum absolute atomic E-state index is 0.0231. The molecule has 2 aromatic carbocycles. The van der Waals surface area contributed by atoms with Crippen LogP contribution in [-0.2, 0) is 4.74 Å². The van der Waals surface area contributed by atoms with Crippen molar-refractivity contribution in [2.45, 2.75) is 89.2 Å². The zero-order chi connectivity index (χ0) is 27.7. The number of rotatable bonds is 6. The third kappa shape index (κ3) is 5.83. The van der Waals surface area contributed by atoms with Gasteiger partial charge < -0.3 is 20.0 Å². The molecular weight excluding hydrogens is 498 g/mol. The molecule has 4 aromatic rings. The van der Waals surface area contributed by atoms with E-state index in [-0.39, 0.29) is 18.1 Å². The Morgan fingerprint density at radius 1 is 0.750 bits per heavy atom. The predicted octanol–water partition coefficient (Wildman–Crippen LogP) is 7.95. The average Bonchev–Trinajstić information content (AvgIpc) is 3.74. The predicted molar refractivity (Wildman–Crippen MR) is 158 cm³/mol. The number of alkyl carbamates (subject to hydrolysis) is 1. The topological polar surface area (TPSA) is 95.7 Å². The minimum Gasteiger partial charge on any atom is -0.444 e. The van der Waals surface area contributed by atoms with Crippen molar-refractivity contribution in [3.05, 3.63) is 72.6 Å². The first-order chi connectivity index (χ1) is 19.3. The van der Waals surface area contributed by atoms with Gasteiger partial charge in [-0.25, -0.2) is 14.8 Å². The Labute approximate surface area is 236 Å². The number of carbonyl (C=O) groups excluding carboxylic acids is 1. The third-order valence-electron chi connectivity index (χ3n) is 8.20. The van der Waals surface area contributed by atoms with Gasteiger partial charge in [0.25, 0.3) is 0 Å². The Morgan fingerprint density at radius 3 is 1.85 bits per heavy atom. The summed E-state index contributed by atoms with van der Waals surface area (Å²) in [5.41, 5.74) is 5.96. The molecule has 0 aliphatic heterocycles. The maximum absolute atomic E-state index is 12.3. The van der Waals surface area contributed by atoms with E-state index in [0.717, 1.165) is 59.0 Å². The van der Waals surface area contributed by atoms with Crippen LogP contribution in [0.15, 0.2) is 60.9 Å². The summed E-state index contributed by atoms with van der Waals surface area (Å²) >= 11 is 0. The van der Waals surface area contributed by atoms with E-state index in [1.807, 2.05) is 33.2 Å². The van der Waals surface area contributed by atoms with Crippen LogP contribution in [0.1, 0.15) is 89.2 Å². The first-order valence-corrected chi connectivity index (χ1v) is 14.6. The highest BCUT2D eigenvalue weighted by Gasteiger charge is 2.33. The van der Waals surface area contributed by atoms with Gasteiger partial charge in [0.15, 0.2) is 0 Å². The fourth-order valence-corrected chi connectivity index (χ4v) is 6.15.